The molecule has 1 aromatic carbocycles. The molecule has 0 bridgehead atoms. The molecule has 1 atom stereocenters. The summed E-state index contributed by atoms with van der Waals surface area (Å²) in [6, 6.07) is 11.0. The zero-order valence-corrected chi connectivity index (χ0v) is 9.85. The summed E-state index contributed by atoms with van der Waals surface area (Å²) in [5, 5.41) is 11.5. The van der Waals surface area contributed by atoms with Gasteiger partial charge in [0.2, 0.25) is 0 Å². The average Bonchev–Trinajstić information content (AvgIpc) is 2.39. The van der Waals surface area contributed by atoms with Gasteiger partial charge in [-0.15, -0.1) is 0 Å². The molecule has 0 heterocycles. The quantitative estimate of drug-likeness (QED) is 0.600. The minimum Gasteiger partial charge on any atom is -0.468 e. The predicted octanol–water partition coefficient (Wildman–Crippen LogP) is 1.79. The molecule has 0 amide bonds. The van der Waals surface area contributed by atoms with Gasteiger partial charge in [-0.1, -0.05) is 30.3 Å². The average molecular weight is 232 g/mol. The van der Waals surface area contributed by atoms with Crippen molar-refractivity contribution < 1.29 is 9.53 Å². The van der Waals surface area contributed by atoms with Crippen molar-refractivity contribution >= 4 is 5.97 Å². The van der Waals surface area contributed by atoms with Gasteiger partial charge in [0.1, 0.15) is 6.04 Å². The number of methoxy groups -OCH3 is 1. The van der Waals surface area contributed by atoms with E-state index in [9.17, 15) is 4.79 Å². The van der Waals surface area contributed by atoms with E-state index in [0.717, 1.165) is 12.0 Å². The van der Waals surface area contributed by atoms with Crippen LogP contribution in [-0.4, -0.2) is 19.6 Å². The van der Waals surface area contributed by atoms with Gasteiger partial charge in [0, 0.05) is 6.42 Å². The molecule has 90 valence electrons. The Morgan fingerprint density at radius 3 is 2.76 bits per heavy atom. The van der Waals surface area contributed by atoms with Gasteiger partial charge in [0.15, 0.2) is 0 Å². The predicted molar refractivity (Wildman–Crippen MR) is 64.0 cm³/mol. The first-order valence-corrected chi connectivity index (χ1v) is 5.52. The van der Waals surface area contributed by atoms with Crippen LogP contribution in [0.5, 0.6) is 0 Å². The Morgan fingerprint density at radius 1 is 1.47 bits per heavy atom. The second kappa shape index (κ2) is 7.42. The molecule has 0 fully saturated rings. The van der Waals surface area contributed by atoms with E-state index in [-0.39, 0.29) is 5.97 Å². The number of benzene rings is 1. The van der Waals surface area contributed by atoms with Gasteiger partial charge in [0.05, 0.1) is 13.2 Å². The topological polar surface area (TPSA) is 62.1 Å². The van der Waals surface area contributed by atoms with Crippen LogP contribution in [0.15, 0.2) is 30.3 Å². The molecule has 4 nitrogen and oxygen atoms in total. The van der Waals surface area contributed by atoms with Crippen LogP contribution in [0.4, 0.5) is 0 Å². The number of unbranched alkanes of at least 4 members (excludes halogenated alkanes) is 1. The number of rotatable bonds is 6. The zero-order valence-electron chi connectivity index (χ0n) is 9.85. The van der Waals surface area contributed by atoms with Crippen molar-refractivity contribution in [3.05, 3.63) is 35.9 Å². The van der Waals surface area contributed by atoms with Crippen molar-refractivity contribution in [3.63, 3.8) is 0 Å². The molecule has 0 aliphatic carbocycles. The zero-order chi connectivity index (χ0) is 12.5. The normalized spacial score (nSPS) is 11.5. The van der Waals surface area contributed by atoms with Crippen molar-refractivity contribution in [1.82, 2.24) is 5.32 Å². The summed E-state index contributed by atoms with van der Waals surface area (Å²) in [6.07, 6.45) is 1.20. The Morgan fingerprint density at radius 2 is 2.18 bits per heavy atom. The Hall–Kier alpha value is -1.86. The monoisotopic (exact) mass is 232 g/mol. The Labute approximate surface area is 101 Å². The van der Waals surface area contributed by atoms with Gasteiger partial charge in [-0.05, 0) is 18.5 Å². The molecule has 0 aliphatic rings. The molecular weight excluding hydrogens is 216 g/mol. The van der Waals surface area contributed by atoms with Gasteiger partial charge < -0.3 is 10.1 Å². The molecule has 0 spiro atoms. The highest BCUT2D eigenvalue weighted by molar-refractivity contribution is 5.77. The molecule has 1 unspecified atom stereocenters. The second-order valence-electron chi connectivity index (χ2n) is 3.58. The van der Waals surface area contributed by atoms with E-state index in [1.807, 2.05) is 30.3 Å². The Bertz CT molecular complexity index is 384. The van der Waals surface area contributed by atoms with E-state index in [0.29, 0.717) is 13.0 Å². The molecule has 1 aromatic rings. The van der Waals surface area contributed by atoms with Crippen LogP contribution in [0.1, 0.15) is 24.4 Å². The van der Waals surface area contributed by atoms with Gasteiger partial charge >= 0.3 is 5.97 Å². The third kappa shape index (κ3) is 4.25. The van der Waals surface area contributed by atoms with Gasteiger partial charge in [0.25, 0.3) is 0 Å². The molecular formula is C13H16N2O2. The molecule has 4 heteroatoms. The van der Waals surface area contributed by atoms with E-state index in [1.54, 1.807) is 0 Å². The summed E-state index contributed by atoms with van der Waals surface area (Å²) in [5.41, 5.74) is 0.872. The Balaban J connectivity index is 2.62. The molecule has 0 saturated carbocycles. The van der Waals surface area contributed by atoms with Crippen LogP contribution in [-0.2, 0) is 9.53 Å². The minimum atomic E-state index is -0.458. The van der Waals surface area contributed by atoms with E-state index in [1.165, 1.54) is 7.11 Å². The molecule has 1 N–H and O–H groups in total. The number of nitrogens with zero attached hydrogens (tertiary/aromatic N) is 1. The van der Waals surface area contributed by atoms with Crippen molar-refractivity contribution in [1.29, 1.82) is 5.26 Å². The maximum atomic E-state index is 11.6. The third-order valence-corrected chi connectivity index (χ3v) is 2.38. The lowest BCUT2D eigenvalue weighted by Crippen LogP contribution is -2.30. The number of hydrogen-bond donors (Lipinski definition) is 1. The number of ether oxygens (including phenoxy) is 1. The summed E-state index contributed by atoms with van der Waals surface area (Å²) >= 11 is 0. The standard InChI is InChI=1S/C13H16N2O2/c1-17-13(16)12(15-10-6-5-9-14)11-7-3-2-4-8-11/h2-4,7-8,12,15H,5-6,10H2,1H3. The third-order valence-electron chi connectivity index (χ3n) is 2.38. The van der Waals surface area contributed by atoms with E-state index in [4.69, 9.17) is 10.00 Å². The van der Waals surface area contributed by atoms with Crippen LogP contribution < -0.4 is 5.32 Å². The summed E-state index contributed by atoms with van der Waals surface area (Å²) in [4.78, 5) is 11.6. The summed E-state index contributed by atoms with van der Waals surface area (Å²) in [5.74, 6) is -0.312. The number of nitrogens with one attached hydrogen (secondary N) is 1. The minimum absolute atomic E-state index is 0.312. The smallest absolute Gasteiger partial charge is 0.327 e. The van der Waals surface area contributed by atoms with Crippen molar-refractivity contribution in [2.24, 2.45) is 0 Å². The second-order valence-corrected chi connectivity index (χ2v) is 3.58. The Kier molecular flexibility index (Phi) is 5.76. The van der Waals surface area contributed by atoms with Crippen molar-refractivity contribution in [2.45, 2.75) is 18.9 Å². The van der Waals surface area contributed by atoms with Crippen LogP contribution in [0.2, 0.25) is 0 Å². The van der Waals surface area contributed by atoms with Crippen LogP contribution in [0.25, 0.3) is 0 Å². The first kappa shape index (κ1) is 13.2. The van der Waals surface area contributed by atoms with Crippen molar-refractivity contribution in [3.8, 4) is 6.07 Å². The highest BCUT2D eigenvalue weighted by Gasteiger charge is 2.19. The van der Waals surface area contributed by atoms with Gasteiger partial charge in [-0.3, -0.25) is 0 Å². The lowest BCUT2D eigenvalue weighted by atomic mass is 10.1. The molecule has 1 rings (SSSR count). The molecule has 0 radical (unpaired) electrons. The molecule has 17 heavy (non-hydrogen) atoms. The maximum Gasteiger partial charge on any atom is 0.327 e. The fraction of sp³-hybridized carbons (Fsp3) is 0.385. The van der Waals surface area contributed by atoms with E-state index < -0.39 is 6.04 Å². The van der Waals surface area contributed by atoms with E-state index >= 15 is 0 Å². The molecule has 0 aromatic heterocycles. The summed E-state index contributed by atoms with van der Waals surface area (Å²) in [7, 11) is 1.37. The summed E-state index contributed by atoms with van der Waals surface area (Å²) < 4.78 is 4.76. The maximum absolute atomic E-state index is 11.6. The number of carbonyl (C=O) groups is 1. The lowest BCUT2D eigenvalue weighted by Gasteiger charge is -2.16. The number of nitriles is 1. The highest BCUT2D eigenvalue weighted by Crippen LogP contribution is 2.13. The first-order chi connectivity index (χ1) is 8.29. The van der Waals surface area contributed by atoms with Gasteiger partial charge in [-0.25, -0.2) is 4.79 Å². The van der Waals surface area contributed by atoms with Crippen LogP contribution in [0.3, 0.4) is 0 Å². The van der Waals surface area contributed by atoms with Gasteiger partial charge in [-0.2, -0.15) is 5.26 Å². The largest absolute Gasteiger partial charge is 0.468 e. The SMILES string of the molecule is COC(=O)C(NCCCC#N)c1ccccc1. The fourth-order valence-electron chi connectivity index (χ4n) is 1.51. The highest BCUT2D eigenvalue weighted by atomic mass is 16.5. The molecule has 0 aliphatic heterocycles. The van der Waals surface area contributed by atoms with Crippen LogP contribution >= 0.6 is 0 Å². The lowest BCUT2D eigenvalue weighted by molar-refractivity contribution is -0.143. The fourth-order valence-corrected chi connectivity index (χ4v) is 1.51. The summed E-state index contributed by atoms with van der Waals surface area (Å²) in [6.45, 7) is 0.613. The number of carbonyl (C=O) groups excluding carboxylic acids is 1. The molecule has 0 saturated heterocycles. The van der Waals surface area contributed by atoms with E-state index in [2.05, 4.69) is 11.4 Å². The number of hydrogen-bond acceptors (Lipinski definition) is 4. The number of esters is 1. The van der Waals surface area contributed by atoms with Crippen molar-refractivity contribution in [2.75, 3.05) is 13.7 Å². The first-order valence-electron chi connectivity index (χ1n) is 5.52. The van der Waals surface area contributed by atoms with Crippen LogP contribution in [0, 0.1) is 11.3 Å².